The highest BCUT2D eigenvalue weighted by atomic mass is 79.9. The lowest BCUT2D eigenvalue weighted by Crippen LogP contribution is -1.89. The lowest BCUT2D eigenvalue weighted by atomic mass is 10.1. The molecule has 0 amide bonds. The summed E-state index contributed by atoms with van der Waals surface area (Å²) in [4.78, 5) is 8.67. The number of nitrogens with zero attached hydrogens (tertiary/aromatic N) is 2. The van der Waals surface area contributed by atoms with Gasteiger partial charge in [-0.05, 0) is 46.6 Å². The molecule has 2 aromatic rings. The van der Waals surface area contributed by atoms with E-state index in [-0.39, 0.29) is 0 Å². The molecule has 2 heterocycles. The molecule has 0 radical (unpaired) electrons. The second-order valence-electron chi connectivity index (χ2n) is 3.23. The molecule has 0 aromatic carbocycles. The predicted molar refractivity (Wildman–Crippen MR) is 64.5 cm³/mol. The minimum Gasteiger partial charge on any atom is -0.261 e. The predicted octanol–water partition coefficient (Wildman–Crippen LogP) is 3.47. The average Bonchev–Trinajstić information content (AvgIpc) is 2.29. The molecule has 2 rings (SSSR count). The van der Waals surface area contributed by atoms with Crippen molar-refractivity contribution in [2.75, 3.05) is 0 Å². The maximum Gasteiger partial charge on any atom is 0.106 e. The van der Waals surface area contributed by atoms with Crippen molar-refractivity contribution in [3.63, 3.8) is 0 Å². The van der Waals surface area contributed by atoms with Crippen LogP contribution in [0.2, 0.25) is 0 Å². The van der Waals surface area contributed by atoms with E-state index in [2.05, 4.69) is 38.9 Å². The third-order valence-corrected chi connectivity index (χ3v) is 2.63. The van der Waals surface area contributed by atoms with Gasteiger partial charge < -0.3 is 0 Å². The number of hydrogen-bond acceptors (Lipinski definition) is 2. The molecular formula is C12H11BrN2. The van der Waals surface area contributed by atoms with E-state index in [0.29, 0.717) is 0 Å². The summed E-state index contributed by atoms with van der Waals surface area (Å²) >= 11 is 3.37. The highest BCUT2D eigenvalue weighted by Gasteiger charge is 2.00. The standard InChI is InChI=1S/C12H11BrN2/c1-2-10-8-9(6-7-14-10)11-4-3-5-12(13)15-11/h3-8H,2H2,1H3. The molecule has 0 bridgehead atoms. The van der Waals surface area contributed by atoms with Crippen LogP contribution in [0.25, 0.3) is 11.3 Å². The van der Waals surface area contributed by atoms with Gasteiger partial charge in [0.2, 0.25) is 0 Å². The van der Waals surface area contributed by atoms with E-state index in [1.807, 2.05) is 30.5 Å². The number of pyridine rings is 2. The maximum atomic E-state index is 4.41. The van der Waals surface area contributed by atoms with Crippen molar-refractivity contribution in [1.82, 2.24) is 9.97 Å². The zero-order valence-corrected chi connectivity index (χ0v) is 10.0. The van der Waals surface area contributed by atoms with E-state index >= 15 is 0 Å². The van der Waals surface area contributed by atoms with Crippen LogP contribution in [0.5, 0.6) is 0 Å². The molecule has 0 N–H and O–H groups in total. The van der Waals surface area contributed by atoms with Crippen molar-refractivity contribution >= 4 is 15.9 Å². The van der Waals surface area contributed by atoms with E-state index in [1.165, 1.54) is 0 Å². The van der Waals surface area contributed by atoms with Gasteiger partial charge in [-0.15, -0.1) is 0 Å². The Morgan fingerprint density at radius 3 is 2.87 bits per heavy atom. The minimum absolute atomic E-state index is 0.856. The monoisotopic (exact) mass is 262 g/mol. The number of rotatable bonds is 2. The molecule has 0 atom stereocenters. The van der Waals surface area contributed by atoms with Crippen molar-refractivity contribution in [2.45, 2.75) is 13.3 Å². The van der Waals surface area contributed by atoms with Gasteiger partial charge in [0.05, 0.1) is 5.69 Å². The molecule has 3 heteroatoms. The van der Waals surface area contributed by atoms with Gasteiger partial charge in [0.1, 0.15) is 4.60 Å². The molecule has 0 aliphatic carbocycles. The van der Waals surface area contributed by atoms with Gasteiger partial charge in [-0.3, -0.25) is 4.98 Å². The molecular weight excluding hydrogens is 252 g/mol. The lowest BCUT2D eigenvalue weighted by molar-refractivity contribution is 1.04. The van der Waals surface area contributed by atoms with Crippen LogP contribution in [0.1, 0.15) is 12.6 Å². The highest BCUT2D eigenvalue weighted by Crippen LogP contribution is 2.19. The van der Waals surface area contributed by atoms with Crippen LogP contribution in [0.15, 0.2) is 41.1 Å². The van der Waals surface area contributed by atoms with Crippen molar-refractivity contribution in [2.24, 2.45) is 0 Å². The first kappa shape index (κ1) is 10.3. The molecule has 0 saturated heterocycles. The fourth-order valence-corrected chi connectivity index (χ4v) is 1.74. The first-order chi connectivity index (χ1) is 7.29. The van der Waals surface area contributed by atoms with Crippen LogP contribution >= 0.6 is 15.9 Å². The van der Waals surface area contributed by atoms with Crippen molar-refractivity contribution < 1.29 is 0 Å². The Hall–Kier alpha value is -1.22. The quantitative estimate of drug-likeness (QED) is 0.775. The van der Waals surface area contributed by atoms with Crippen LogP contribution in [0, 0.1) is 0 Å². The fraction of sp³-hybridized carbons (Fsp3) is 0.167. The van der Waals surface area contributed by atoms with Gasteiger partial charge in [-0.25, -0.2) is 4.98 Å². The molecule has 0 aliphatic rings. The third-order valence-electron chi connectivity index (χ3n) is 2.19. The summed E-state index contributed by atoms with van der Waals surface area (Å²) in [5.74, 6) is 0. The fourth-order valence-electron chi connectivity index (χ4n) is 1.40. The van der Waals surface area contributed by atoms with E-state index in [0.717, 1.165) is 28.0 Å². The van der Waals surface area contributed by atoms with E-state index in [4.69, 9.17) is 0 Å². The Labute approximate surface area is 97.5 Å². The van der Waals surface area contributed by atoms with E-state index < -0.39 is 0 Å². The Morgan fingerprint density at radius 1 is 1.27 bits per heavy atom. The zero-order chi connectivity index (χ0) is 10.7. The van der Waals surface area contributed by atoms with Crippen molar-refractivity contribution in [3.05, 3.63) is 46.8 Å². The molecule has 0 unspecified atom stereocenters. The Kier molecular flexibility index (Phi) is 3.11. The van der Waals surface area contributed by atoms with Gasteiger partial charge in [0.25, 0.3) is 0 Å². The van der Waals surface area contributed by atoms with Crippen LogP contribution in [0.4, 0.5) is 0 Å². The van der Waals surface area contributed by atoms with Gasteiger partial charge in [-0.1, -0.05) is 13.0 Å². The molecule has 0 fully saturated rings. The number of halogens is 1. The Balaban J connectivity index is 2.44. The van der Waals surface area contributed by atoms with Crippen LogP contribution in [-0.4, -0.2) is 9.97 Å². The summed E-state index contributed by atoms with van der Waals surface area (Å²) in [5, 5.41) is 0. The molecule has 15 heavy (non-hydrogen) atoms. The largest absolute Gasteiger partial charge is 0.261 e. The average molecular weight is 263 g/mol. The second kappa shape index (κ2) is 4.53. The summed E-state index contributed by atoms with van der Waals surface area (Å²) in [5.41, 5.74) is 3.18. The van der Waals surface area contributed by atoms with Crippen molar-refractivity contribution in [3.8, 4) is 11.3 Å². The molecule has 0 saturated carbocycles. The summed E-state index contributed by atoms with van der Waals surface area (Å²) in [6.45, 7) is 2.10. The number of aryl methyl sites for hydroxylation is 1. The normalized spacial score (nSPS) is 10.3. The molecule has 0 aliphatic heterocycles. The van der Waals surface area contributed by atoms with Crippen LogP contribution in [-0.2, 0) is 6.42 Å². The minimum atomic E-state index is 0.856. The summed E-state index contributed by atoms with van der Waals surface area (Å²) in [6, 6.07) is 9.96. The molecule has 2 nitrogen and oxygen atoms in total. The number of aromatic nitrogens is 2. The maximum absolute atomic E-state index is 4.41. The molecule has 76 valence electrons. The SMILES string of the molecule is CCc1cc(-c2cccc(Br)n2)ccn1. The highest BCUT2D eigenvalue weighted by molar-refractivity contribution is 9.10. The van der Waals surface area contributed by atoms with Gasteiger partial charge in [-0.2, -0.15) is 0 Å². The van der Waals surface area contributed by atoms with Crippen molar-refractivity contribution in [1.29, 1.82) is 0 Å². The zero-order valence-electron chi connectivity index (χ0n) is 8.44. The van der Waals surface area contributed by atoms with Crippen LogP contribution in [0.3, 0.4) is 0 Å². The second-order valence-corrected chi connectivity index (χ2v) is 4.05. The van der Waals surface area contributed by atoms with E-state index in [1.54, 1.807) is 0 Å². The summed E-state index contributed by atoms with van der Waals surface area (Å²) < 4.78 is 0.856. The van der Waals surface area contributed by atoms with E-state index in [9.17, 15) is 0 Å². The first-order valence-electron chi connectivity index (χ1n) is 4.87. The molecule has 0 spiro atoms. The van der Waals surface area contributed by atoms with Gasteiger partial charge in [0, 0.05) is 17.5 Å². The van der Waals surface area contributed by atoms with Crippen LogP contribution < -0.4 is 0 Å². The Morgan fingerprint density at radius 2 is 2.13 bits per heavy atom. The first-order valence-corrected chi connectivity index (χ1v) is 5.67. The number of hydrogen-bond donors (Lipinski definition) is 0. The smallest absolute Gasteiger partial charge is 0.106 e. The summed E-state index contributed by atoms with van der Waals surface area (Å²) in [6.07, 6.45) is 2.78. The summed E-state index contributed by atoms with van der Waals surface area (Å²) in [7, 11) is 0. The lowest BCUT2D eigenvalue weighted by Gasteiger charge is -2.02. The van der Waals surface area contributed by atoms with Gasteiger partial charge in [0.15, 0.2) is 0 Å². The topological polar surface area (TPSA) is 25.8 Å². The molecule has 2 aromatic heterocycles. The third kappa shape index (κ3) is 2.42. The van der Waals surface area contributed by atoms with Gasteiger partial charge >= 0.3 is 0 Å². The Bertz CT molecular complexity index is 469.